The van der Waals surface area contributed by atoms with Crippen LogP contribution in [0.3, 0.4) is 0 Å². The van der Waals surface area contributed by atoms with Crippen LogP contribution in [-0.4, -0.2) is 37.1 Å². The molecule has 1 aromatic carbocycles. The molecule has 1 saturated heterocycles. The summed E-state index contributed by atoms with van der Waals surface area (Å²) in [5.41, 5.74) is 0.0589. The summed E-state index contributed by atoms with van der Waals surface area (Å²) >= 11 is 5.83. The number of rotatable bonds is 3. The summed E-state index contributed by atoms with van der Waals surface area (Å²) < 4.78 is 27.2. The molecule has 1 heterocycles. The zero-order chi connectivity index (χ0) is 12.6. The number of benzene rings is 1. The van der Waals surface area contributed by atoms with Gasteiger partial charge in [-0.05, 0) is 18.2 Å². The largest absolute Gasteiger partial charge is 0.487 e. The number of sulfone groups is 1. The topological polar surface area (TPSA) is 80.7 Å². The number of aromatic carboxylic acids is 1. The number of ether oxygens (including phenoxy) is 1. The molecule has 1 aromatic rings. The fraction of sp³-hybridized carbons (Fsp3) is 0.300. The fourth-order valence-corrected chi connectivity index (χ4v) is 2.89. The Bertz CT molecular complexity index is 554. The normalized spacial score (nSPS) is 18.4. The van der Waals surface area contributed by atoms with Crippen LogP contribution in [0.5, 0.6) is 5.75 Å². The van der Waals surface area contributed by atoms with Crippen molar-refractivity contribution in [1.82, 2.24) is 0 Å². The van der Waals surface area contributed by atoms with Crippen molar-refractivity contribution in [3.63, 3.8) is 0 Å². The highest BCUT2D eigenvalue weighted by atomic mass is 35.5. The molecule has 92 valence electrons. The van der Waals surface area contributed by atoms with Gasteiger partial charge in [-0.3, -0.25) is 0 Å². The Morgan fingerprint density at radius 1 is 1.41 bits per heavy atom. The van der Waals surface area contributed by atoms with E-state index in [2.05, 4.69) is 0 Å². The van der Waals surface area contributed by atoms with Gasteiger partial charge in [0, 0.05) is 0 Å². The Kier molecular flexibility index (Phi) is 3.01. The van der Waals surface area contributed by atoms with Gasteiger partial charge in [-0.1, -0.05) is 11.6 Å². The summed E-state index contributed by atoms with van der Waals surface area (Å²) in [4.78, 5) is 10.7. The van der Waals surface area contributed by atoms with Gasteiger partial charge in [-0.15, -0.1) is 0 Å². The predicted octanol–water partition coefficient (Wildman–Crippen LogP) is 1.21. The Labute approximate surface area is 103 Å². The van der Waals surface area contributed by atoms with Crippen LogP contribution in [0, 0.1) is 0 Å². The molecular formula is C10H9ClO5S. The molecule has 0 bridgehead atoms. The minimum Gasteiger partial charge on any atom is -0.487 e. The third-order valence-corrected chi connectivity index (χ3v) is 4.41. The van der Waals surface area contributed by atoms with Crippen molar-refractivity contribution < 1.29 is 23.1 Å². The summed E-state index contributed by atoms with van der Waals surface area (Å²) in [6, 6.07) is 4.06. The van der Waals surface area contributed by atoms with Crippen molar-refractivity contribution in [1.29, 1.82) is 0 Å². The van der Waals surface area contributed by atoms with Gasteiger partial charge in [0.15, 0.2) is 9.84 Å². The highest BCUT2D eigenvalue weighted by molar-refractivity contribution is 7.92. The smallest absolute Gasteiger partial charge is 0.335 e. The lowest BCUT2D eigenvalue weighted by molar-refractivity contribution is 0.0697. The first-order valence-electron chi connectivity index (χ1n) is 4.77. The molecule has 0 amide bonds. The molecule has 0 aromatic heterocycles. The van der Waals surface area contributed by atoms with Gasteiger partial charge in [0.25, 0.3) is 0 Å². The first-order chi connectivity index (χ1) is 7.87. The third-order valence-electron chi connectivity index (χ3n) is 2.35. The monoisotopic (exact) mass is 276 g/mol. The average molecular weight is 277 g/mol. The van der Waals surface area contributed by atoms with Crippen molar-refractivity contribution in [2.45, 2.75) is 6.10 Å². The second-order valence-corrected chi connectivity index (χ2v) is 6.33. The van der Waals surface area contributed by atoms with Gasteiger partial charge in [-0.2, -0.15) is 0 Å². The molecule has 2 rings (SSSR count). The molecule has 1 aliphatic rings. The van der Waals surface area contributed by atoms with Crippen molar-refractivity contribution in [3.05, 3.63) is 28.8 Å². The van der Waals surface area contributed by atoms with E-state index in [0.717, 1.165) is 0 Å². The van der Waals surface area contributed by atoms with E-state index in [1.54, 1.807) is 0 Å². The minimum atomic E-state index is -2.95. The molecule has 0 radical (unpaired) electrons. The number of carbonyl (C=O) groups is 1. The zero-order valence-electron chi connectivity index (χ0n) is 8.59. The highest BCUT2D eigenvalue weighted by Gasteiger charge is 2.35. The van der Waals surface area contributed by atoms with Crippen LogP contribution in [0.4, 0.5) is 0 Å². The van der Waals surface area contributed by atoms with Crippen LogP contribution >= 0.6 is 11.6 Å². The Hall–Kier alpha value is -1.27. The fourth-order valence-electron chi connectivity index (χ4n) is 1.49. The summed E-state index contributed by atoms with van der Waals surface area (Å²) in [6.45, 7) is 0. The van der Waals surface area contributed by atoms with E-state index in [-0.39, 0.29) is 22.1 Å². The van der Waals surface area contributed by atoms with E-state index in [4.69, 9.17) is 21.4 Å². The van der Waals surface area contributed by atoms with Gasteiger partial charge in [-0.25, -0.2) is 13.2 Å². The molecule has 1 fully saturated rings. The van der Waals surface area contributed by atoms with E-state index < -0.39 is 21.9 Å². The summed E-state index contributed by atoms with van der Waals surface area (Å²) in [6.07, 6.45) is -0.395. The lowest BCUT2D eigenvalue weighted by atomic mass is 10.2. The number of carboxylic acid groups (broad SMARTS) is 1. The molecule has 5 nitrogen and oxygen atoms in total. The van der Waals surface area contributed by atoms with Gasteiger partial charge in [0.1, 0.15) is 11.9 Å². The maximum Gasteiger partial charge on any atom is 0.335 e. The van der Waals surface area contributed by atoms with Crippen LogP contribution < -0.4 is 4.74 Å². The highest BCUT2D eigenvalue weighted by Crippen LogP contribution is 2.28. The van der Waals surface area contributed by atoms with E-state index in [0.29, 0.717) is 5.75 Å². The lowest BCUT2D eigenvalue weighted by Gasteiger charge is -2.26. The third kappa shape index (κ3) is 2.70. The molecule has 0 aliphatic carbocycles. The van der Waals surface area contributed by atoms with Crippen LogP contribution in [-0.2, 0) is 9.84 Å². The first-order valence-corrected chi connectivity index (χ1v) is 6.97. The molecular weight excluding hydrogens is 268 g/mol. The number of halogens is 1. The van der Waals surface area contributed by atoms with Crippen LogP contribution in [0.2, 0.25) is 5.02 Å². The molecule has 17 heavy (non-hydrogen) atoms. The van der Waals surface area contributed by atoms with Crippen molar-refractivity contribution in [2.24, 2.45) is 0 Å². The van der Waals surface area contributed by atoms with Crippen LogP contribution in [0.1, 0.15) is 10.4 Å². The maximum atomic E-state index is 10.9. The molecule has 0 unspecified atom stereocenters. The first kappa shape index (κ1) is 12.2. The number of hydrogen-bond acceptors (Lipinski definition) is 4. The van der Waals surface area contributed by atoms with Gasteiger partial charge in [0.05, 0.1) is 22.1 Å². The Morgan fingerprint density at radius 2 is 2.06 bits per heavy atom. The number of hydrogen-bond donors (Lipinski definition) is 1. The molecule has 1 N–H and O–H groups in total. The van der Waals surface area contributed by atoms with Crippen LogP contribution in [0.15, 0.2) is 18.2 Å². The Morgan fingerprint density at radius 3 is 2.53 bits per heavy atom. The molecule has 1 aliphatic heterocycles. The second kappa shape index (κ2) is 4.19. The predicted molar refractivity (Wildman–Crippen MR) is 61.5 cm³/mol. The second-order valence-electron chi connectivity index (χ2n) is 3.77. The van der Waals surface area contributed by atoms with E-state index in [1.807, 2.05) is 0 Å². The summed E-state index contributed by atoms with van der Waals surface area (Å²) in [7, 11) is -2.95. The van der Waals surface area contributed by atoms with E-state index in [9.17, 15) is 13.2 Å². The molecule has 0 saturated carbocycles. The zero-order valence-corrected chi connectivity index (χ0v) is 10.2. The van der Waals surface area contributed by atoms with Gasteiger partial charge in [0.2, 0.25) is 0 Å². The van der Waals surface area contributed by atoms with Crippen molar-refractivity contribution in [3.8, 4) is 5.75 Å². The van der Waals surface area contributed by atoms with Crippen LogP contribution in [0.25, 0.3) is 0 Å². The van der Waals surface area contributed by atoms with Crippen molar-refractivity contribution >= 4 is 27.4 Å². The van der Waals surface area contributed by atoms with Gasteiger partial charge >= 0.3 is 5.97 Å². The average Bonchev–Trinajstić information content (AvgIpc) is 2.17. The lowest BCUT2D eigenvalue weighted by Crippen LogP contribution is -2.45. The SMILES string of the molecule is O=C(O)c1ccc(OC2CS(=O)(=O)C2)c(Cl)c1. The molecule has 0 spiro atoms. The molecule has 0 atom stereocenters. The summed E-state index contributed by atoms with van der Waals surface area (Å²) in [5.74, 6) is -0.824. The summed E-state index contributed by atoms with van der Waals surface area (Å²) in [5, 5.41) is 8.89. The quantitative estimate of drug-likeness (QED) is 0.898. The Balaban J connectivity index is 2.10. The molecule has 7 heteroatoms. The number of carboxylic acids is 1. The van der Waals surface area contributed by atoms with E-state index >= 15 is 0 Å². The van der Waals surface area contributed by atoms with Crippen molar-refractivity contribution in [2.75, 3.05) is 11.5 Å². The van der Waals surface area contributed by atoms with E-state index in [1.165, 1.54) is 18.2 Å². The van der Waals surface area contributed by atoms with Gasteiger partial charge < -0.3 is 9.84 Å². The minimum absolute atomic E-state index is 0.0238. The standard InChI is InChI=1S/C10H9ClO5S/c11-8-3-6(10(12)13)1-2-9(8)16-7-4-17(14,15)5-7/h1-3,7H,4-5H2,(H,12,13). The maximum absolute atomic E-state index is 10.9.